The van der Waals surface area contributed by atoms with Crippen LogP contribution in [-0.4, -0.2) is 24.8 Å². The molecule has 0 radical (unpaired) electrons. The minimum atomic E-state index is -4.71. The van der Waals surface area contributed by atoms with E-state index in [9.17, 15) is 69.3 Å². The number of H-pyrrole nitrogens is 2. The van der Waals surface area contributed by atoms with Gasteiger partial charge in [-0.05, 0) is 6.07 Å². The fraction of sp³-hybridized carbons (Fsp3) is 0.167. The molecule has 39 heavy (non-hydrogen) atoms. The molecule has 0 saturated carbocycles. The lowest BCUT2D eigenvalue weighted by molar-refractivity contribution is -0.386. The number of hydrogen-bond acceptors (Lipinski definition) is 7. The second kappa shape index (κ2) is 12.4. The van der Waals surface area contributed by atoms with Gasteiger partial charge in [0.1, 0.15) is 0 Å². The molecule has 0 amide bonds. The lowest BCUT2D eigenvalue weighted by Gasteiger charge is -2.05. The summed E-state index contributed by atoms with van der Waals surface area (Å²) in [6.07, 6.45) is -12.3. The standard InChI is InChI=1S/C6H2ClF3N2O2.C6H3F3N2O3.C6H4F3NO/c7-5-4(12(13)14)1-3(2-11-5)6(8,9)10;7-6(8,9)3-1-4(11(13)14)5(12)10-2-3;7-6(8,9)4-1-2-5(11)10-3-4/h1-2H;1-2H,(H,10,12);1-3H,(H,10,11). The molecule has 0 unspecified atom stereocenters. The molecular weight excluding hydrogens is 589 g/mol. The fourth-order valence-electron chi connectivity index (χ4n) is 2.08. The van der Waals surface area contributed by atoms with Crippen molar-refractivity contribution in [3.8, 4) is 0 Å². The monoisotopic (exact) mass is 597 g/mol. The van der Waals surface area contributed by atoms with Crippen molar-refractivity contribution in [2.24, 2.45) is 0 Å². The van der Waals surface area contributed by atoms with Gasteiger partial charge in [-0.25, -0.2) is 4.98 Å². The third-order valence-electron chi connectivity index (χ3n) is 3.86. The molecular formula is C18H9ClF9N5O6. The van der Waals surface area contributed by atoms with Gasteiger partial charge in [0.2, 0.25) is 10.7 Å². The molecule has 0 bridgehead atoms. The second-order valence-corrected chi connectivity index (χ2v) is 6.94. The molecule has 3 aromatic rings. The summed E-state index contributed by atoms with van der Waals surface area (Å²) in [7, 11) is 0. The number of rotatable bonds is 2. The van der Waals surface area contributed by atoms with E-state index >= 15 is 0 Å². The van der Waals surface area contributed by atoms with Gasteiger partial charge in [-0.1, -0.05) is 11.6 Å². The Bertz CT molecular complexity index is 1430. The Balaban J connectivity index is 0.000000295. The highest BCUT2D eigenvalue weighted by Crippen LogP contribution is 2.33. The summed E-state index contributed by atoms with van der Waals surface area (Å²) >= 11 is 5.22. The summed E-state index contributed by atoms with van der Waals surface area (Å²) in [5.74, 6) is 0. The van der Waals surface area contributed by atoms with Crippen LogP contribution in [0.25, 0.3) is 0 Å². The van der Waals surface area contributed by atoms with Crippen molar-refractivity contribution in [3.63, 3.8) is 0 Å². The van der Waals surface area contributed by atoms with Gasteiger partial charge in [-0.2, -0.15) is 39.5 Å². The third kappa shape index (κ3) is 10.1. The zero-order valence-electron chi connectivity index (χ0n) is 18.1. The zero-order chi connectivity index (χ0) is 30.3. The SMILES string of the molecule is O=[N+]([O-])c1cc(C(F)(F)F)cnc1Cl.O=c1[nH]cc(C(F)(F)F)cc1[N+](=O)[O-].O=c1ccc(C(F)(F)F)c[nH]1. The van der Waals surface area contributed by atoms with Crippen LogP contribution in [0.4, 0.5) is 50.9 Å². The van der Waals surface area contributed by atoms with E-state index in [4.69, 9.17) is 11.6 Å². The average Bonchev–Trinajstić information content (AvgIpc) is 2.78. The zero-order valence-corrected chi connectivity index (χ0v) is 18.9. The Labute approximate surface area is 212 Å². The maximum Gasteiger partial charge on any atom is 0.418 e. The second-order valence-electron chi connectivity index (χ2n) is 6.59. The van der Waals surface area contributed by atoms with E-state index < -0.39 is 72.7 Å². The van der Waals surface area contributed by atoms with E-state index in [1.54, 1.807) is 4.98 Å². The van der Waals surface area contributed by atoms with Crippen LogP contribution in [0.15, 0.2) is 52.4 Å². The number of hydrogen-bond donors (Lipinski definition) is 2. The van der Waals surface area contributed by atoms with E-state index in [2.05, 4.69) is 4.98 Å². The number of nitrogens with one attached hydrogen (secondary N) is 2. The molecule has 3 rings (SSSR count). The molecule has 212 valence electrons. The van der Waals surface area contributed by atoms with Crippen LogP contribution >= 0.6 is 11.6 Å². The maximum absolute atomic E-state index is 12.1. The van der Waals surface area contributed by atoms with Gasteiger partial charge in [0, 0.05) is 36.8 Å². The topological polar surface area (TPSA) is 165 Å². The highest BCUT2D eigenvalue weighted by molar-refractivity contribution is 6.31. The lowest BCUT2D eigenvalue weighted by Crippen LogP contribution is -2.15. The number of alkyl halides is 9. The smallest absolute Gasteiger partial charge is 0.329 e. The molecule has 3 heterocycles. The summed E-state index contributed by atoms with van der Waals surface area (Å²) < 4.78 is 108. The summed E-state index contributed by atoms with van der Waals surface area (Å²) in [6, 6.07) is 2.11. The summed E-state index contributed by atoms with van der Waals surface area (Å²) in [5.41, 5.74) is -7.00. The molecule has 2 N–H and O–H groups in total. The van der Waals surface area contributed by atoms with Gasteiger partial charge in [0.15, 0.2) is 0 Å². The number of aromatic amines is 2. The molecule has 21 heteroatoms. The van der Waals surface area contributed by atoms with Crippen molar-refractivity contribution in [2.45, 2.75) is 18.5 Å². The first kappa shape index (κ1) is 32.5. The molecule has 0 saturated heterocycles. The lowest BCUT2D eigenvalue weighted by atomic mass is 10.2. The number of pyridine rings is 3. The van der Waals surface area contributed by atoms with Gasteiger partial charge in [0.25, 0.3) is 0 Å². The van der Waals surface area contributed by atoms with E-state index in [0.29, 0.717) is 24.7 Å². The molecule has 0 aromatic carbocycles. The van der Waals surface area contributed by atoms with Crippen LogP contribution in [-0.2, 0) is 18.5 Å². The van der Waals surface area contributed by atoms with Crippen LogP contribution in [0.2, 0.25) is 5.15 Å². The predicted octanol–water partition coefficient (Wildman–Crippen LogP) is 5.36. The van der Waals surface area contributed by atoms with Gasteiger partial charge in [-0.15, -0.1) is 0 Å². The normalized spacial score (nSPS) is 11.4. The van der Waals surface area contributed by atoms with Crippen molar-refractivity contribution in [3.05, 3.63) is 106 Å². The molecule has 0 aliphatic heterocycles. The molecule has 0 aliphatic rings. The van der Waals surface area contributed by atoms with Crippen LogP contribution in [0.3, 0.4) is 0 Å². The predicted molar refractivity (Wildman–Crippen MR) is 112 cm³/mol. The first-order valence-corrected chi connectivity index (χ1v) is 9.59. The molecule has 0 atom stereocenters. The quantitative estimate of drug-likeness (QED) is 0.174. The van der Waals surface area contributed by atoms with Gasteiger partial charge < -0.3 is 9.97 Å². The Morgan fingerprint density at radius 1 is 0.718 bits per heavy atom. The maximum atomic E-state index is 12.1. The van der Waals surface area contributed by atoms with Crippen LogP contribution < -0.4 is 11.1 Å². The minimum absolute atomic E-state index is 0.193. The van der Waals surface area contributed by atoms with E-state index in [0.717, 1.165) is 12.1 Å². The fourth-order valence-corrected chi connectivity index (χ4v) is 2.25. The first-order valence-electron chi connectivity index (χ1n) is 9.22. The molecule has 0 aliphatic carbocycles. The summed E-state index contributed by atoms with van der Waals surface area (Å²) in [4.78, 5) is 45.8. The van der Waals surface area contributed by atoms with Crippen molar-refractivity contribution in [2.75, 3.05) is 0 Å². The van der Waals surface area contributed by atoms with Crippen molar-refractivity contribution >= 4 is 23.0 Å². The molecule has 3 aromatic heterocycles. The Morgan fingerprint density at radius 2 is 1.18 bits per heavy atom. The van der Waals surface area contributed by atoms with E-state index in [-0.39, 0.29) is 6.07 Å². The number of halogens is 10. The van der Waals surface area contributed by atoms with E-state index in [1.165, 1.54) is 0 Å². The first-order chi connectivity index (χ1) is 17.6. The molecule has 0 spiro atoms. The molecule has 11 nitrogen and oxygen atoms in total. The number of nitro groups is 2. The van der Waals surface area contributed by atoms with Crippen LogP contribution in [0.5, 0.6) is 0 Å². The Hall–Kier alpha value is -4.49. The highest BCUT2D eigenvalue weighted by Gasteiger charge is 2.34. The van der Waals surface area contributed by atoms with Gasteiger partial charge in [-0.3, -0.25) is 29.8 Å². The van der Waals surface area contributed by atoms with Crippen LogP contribution in [0, 0.1) is 20.2 Å². The summed E-state index contributed by atoms with van der Waals surface area (Å²) in [5, 5.41) is 19.8. The van der Waals surface area contributed by atoms with Crippen molar-refractivity contribution in [1.29, 1.82) is 0 Å². The number of aromatic nitrogens is 3. The van der Waals surface area contributed by atoms with Crippen LogP contribution in [0.1, 0.15) is 16.7 Å². The number of nitrogens with zero attached hydrogens (tertiary/aromatic N) is 3. The Morgan fingerprint density at radius 3 is 1.59 bits per heavy atom. The summed E-state index contributed by atoms with van der Waals surface area (Å²) in [6.45, 7) is 0. The molecule has 0 fully saturated rings. The van der Waals surface area contributed by atoms with Crippen molar-refractivity contribution < 1.29 is 49.4 Å². The Kier molecular flexibility index (Phi) is 10.3. The van der Waals surface area contributed by atoms with Gasteiger partial charge >= 0.3 is 35.5 Å². The third-order valence-corrected chi connectivity index (χ3v) is 4.15. The largest absolute Gasteiger partial charge is 0.418 e. The average molecular weight is 598 g/mol. The minimum Gasteiger partial charge on any atom is -0.329 e. The van der Waals surface area contributed by atoms with Gasteiger partial charge in [0.05, 0.1) is 26.5 Å². The van der Waals surface area contributed by atoms with E-state index in [1.807, 2.05) is 4.98 Å². The highest BCUT2D eigenvalue weighted by atomic mass is 35.5. The van der Waals surface area contributed by atoms with Crippen molar-refractivity contribution in [1.82, 2.24) is 15.0 Å².